The summed E-state index contributed by atoms with van der Waals surface area (Å²) in [6.45, 7) is 0.909. The fourth-order valence-electron chi connectivity index (χ4n) is 3.57. The van der Waals surface area contributed by atoms with Crippen LogP contribution in [0.3, 0.4) is 0 Å². The summed E-state index contributed by atoms with van der Waals surface area (Å²) in [5.41, 5.74) is 0. The summed E-state index contributed by atoms with van der Waals surface area (Å²) in [5.74, 6) is 0.653. The second-order valence-electron chi connectivity index (χ2n) is 7.23. The van der Waals surface area contributed by atoms with E-state index in [4.69, 9.17) is 0 Å². The molecule has 2 rings (SSSR count). The first-order valence-corrected chi connectivity index (χ1v) is 10.7. The van der Waals surface area contributed by atoms with Crippen LogP contribution in [0, 0.1) is 11.8 Å². The Hall–Kier alpha value is -1.70. The molecule has 1 saturated carbocycles. The molecule has 1 aliphatic heterocycles. The van der Waals surface area contributed by atoms with E-state index < -0.39 is 0 Å². The van der Waals surface area contributed by atoms with Crippen molar-refractivity contribution in [2.75, 3.05) is 18.8 Å². The van der Waals surface area contributed by atoms with Gasteiger partial charge < -0.3 is 14.9 Å². The van der Waals surface area contributed by atoms with E-state index in [-0.39, 0.29) is 35.3 Å². The molecule has 0 spiro atoms. The first-order valence-electron chi connectivity index (χ1n) is 9.66. The van der Waals surface area contributed by atoms with Crippen molar-refractivity contribution < 1.29 is 24.0 Å². The zero-order valence-corrected chi connectivity index (χ0v) is 16.4. The zero-order chi connectivity index (χ0) is 19.6. The SMILES string of the molecule is O=CCCCC(=O)NCCSC1CC(=O)N(CC2CCC(C=O)CC2)C1=O. The normalized spacial score (nSPS) is 25.5. The fourth-order valence-corrected chi connectivity index (χ4v) is 4.60. The van der Waals surface area contributed by atoms with Crippen LogP contribution in [0.15, 0.2) is 0 Å². The Morgan fingerprint density at radius 2 is 1.93 bits per heavy atom. The third kappa shape index (κ3) is 6.75. The van der Waals surface area contributed by atoms with E-state index in [0.717, 1.165) is 38.3 Å². The molecule has 1 heterocycles. The largest absolute Gasteiger partial charge is 0.355 e. The van der Waals surface area contributed by atoms with Crippen LogP contribution in [0.25, 0.3) is 0 Å². The Morgan fingerprint density at radius 1 is 1.19 bits per heavy atom. The minimum atomic E-state index is -0.365. The van der Waals surface area contributed by atoms with Crippen molar-refractivity contribution in [2.24, 2.45) is 11.8 Å². The van der Waals surface area contributed by atoms with Crippen molar-refractivity contribution >= 4 is 42.1 Å². The first kappa shape index (κ1) is 21.6. The lowest BCUT2D eigenvalue weighted by Gasteiger charge is -2.28. The maximum Gasteiger partial charge on any atom is 0.242 e. The van der Waals surface area contributed by atoms with Gasteiger partial charge in [-0.25, -0.2) is 0 Å². The highest BCUT2D eigenvalue weighted by Gasteiger charge is 2.39. The Bertz CT molecular complexity index is 560. The predicted molar refractivity (Wildman–Crippen MR) is 102 cm³/mol. The number of carbonyl (C=O) groups is 5. The number of hydrogen-bond acceptors (Lipinski definition) is 6. The summed E-state index contributed by atoms with van der Waals surface area (Å²) >= 11 is 1.41. The van der Waals surface area contributed by atoms with Crippen molar-refractivity contribution in [3.8, 4) is 0 Å². The molecule has 0 aromatic rings. The number of nitrogens with zero attached hydrogens (tertiary/aromatic N) is 1. The molecule has 2 fully saturated rings. The van der Waals surface area contributed by atoms with Gasteiger partial charge in [-0.05, 0) is 38.0 Å². The molecule has 1 N–H and O–H groups in total. The van der Waals surface area contributed by atoms with Crippen molar-refractivity contribution in [3.05, 3.63) is 0 Å². The minimum Gasteiger partial charge on any atom is -0.355 e. The number of imide groups is 1. The Balaban J connectivity index is 1.67. The van der Waals surface area contributed by atoms with Crippen LogP contribution in [0.2, 0.25) is 0 Å². The summed E-state index contributed by atoms with van der Waals surface area (Å²) in [6, 6.07) is 0. The van der Waals surface area contributed by atoms with Gasteiger partial charge in [0.15, 0.2) is 0 Å². The van der Waals surface area contributed by atoms with Crippen LogP contribution in [0.4, 0.5) is 0 Å². The molecule has 1 unspecified atom stereocenters. The maximum atomic E-state index is 12.5. The quantitative estimate of drug-likeness (QED) is 0.321. The van der Waals surface area contributed by atoms with Gasteiger partial charge in [-0.3, -0.25) is 19.3 Å². The van der Waals surface area contributed by atoms with Gasteiger partial charge in [-0.1, -0.05) is 0 Å². The molecule has 27 heavy (non-hydrogen) atoms. The summed E-state index contributed by atoms with van der Waals surface area (Å²) < 4.78 is 0. The van der Waals surface area contributed by atoms with Crippen molar-refractivity contribution in [3.63, 3.8) is 0 Å². The van der Waals surface area contributed by atoms with E-state index in [2.05, 4.69) is 5.32 Å². The van der Waals surface area contributed by atoms with Crippen LogP contribution in [-0.2, 0) is 24.0 Å². The van der Waals surface area contributed by atoms with Crippen LogP contribution in [0.5, 0.6) is 0 Å². The first-order chi connectivity index (χ1) is 13.0. The van der Waals surface area contributed by atoms with Gasteiger partial charge in [-0.2, -0.15) is 0 Å². The zero-order valence-electron chi connectivity index (χ0n) is 15.6. The van der Waals surface area contributed by atoms with E-state index in [0.29, 0.717) is 44.0 Å². The lowest BCUT2D eigenvalue weighted by Crippen LogP contribution is -2.37. The van der Waals surface area contributed by atoms with Crippen LogP contribution < -0.4 is 5.32 Å². The van der Waals surface area contributed by atoms with Gasteiger partial charge in [0.2, 0.25) is 17.7 Å². The van der Waals surface area contributed by atoms with E-state index in [9.17, 15) is 24.0 Å². The Kier molecular flexibility index (Phi) is 8.97. The number of rotatable bonds is 11. The summed E-state index contributed by atoms with van der Waals surface area (Å²) in [6.07, 6.45) is 6.73. The highest BCUT2D eigenvalue weighted by Crippen LogP contribution is 2.31. The summed E-state index contributed by atoms with van der Waals surface area (Å²) in [7, 11) is 0. The molecule has 150 valence electrons. The van der Waals surface area contributed by atoms with E-state index in [1.54, 1.807) is 0 Å². The highest BCUT2D eigenvalue weighted by atomic mass is 32.2. The van der Waals surface area contributed by atoms with Crippen LogP contribution >= 0.6 is 11.8 Å². The van der Waals surface area contributed by atoms with E-state index in [1.165, 1.54) is 16.7 Å². The monoisotopic (exact) mass is 396 g/mol. The number of likely N-dealkylation sites (tertiary alicyclic amines) is 1. The molecule has 1 saturated heterocycles. The minimum absolute atomic E-state index is 0.0983. The Labute approximate surface area is 164 Å². The number of nitrogens with one attached hydrogen (secondary N) is 1. The number of carbonyl (C=O) groups excluding carboxylic acids is 5. The average Bonchev–Trinajstić information content (AvgIpc) is 2.93. The number of amides is 3. The van der Waals surface area contributed by atoms with E-state index >= 15 is 0 Å². The second-order valence-corrected chi connectivity index (χ2v) is 8.54. The molecule has 0 bridgehead atoms. The van der Waals surface area contributed by atoms with Crippen LogP contribution in [-0.4, -0.2) is 59.3 Å². The van der Waals surface area contributed by atoms with Gasteiger partial charge in [-0.15, -0.1) is 11.8 Å². The average molecular weight is 397 g/mol. The molecular formula is C19H28N2O5S. The number of unbranched alkanes of at least 4 members (excludes halogenated alkanes) is 1. The predicted octanol–water partition coefficient (Wildman–Crippen LogP) is 1.34. The lowest BCUT2D eigenvalue weighted by atomic mass is 9.82. The molecule has 1 aliphatic carbocycles. The number of hydrogen-bond donors (Lipinski definition) is 1. The topological polar surface area (TPSA) is 101 Å². The van der Waals surface area contributed by atoms with Crippen molar-refractivity contribution in [1.29, 1.82) is 0 Å². The number of thioether (sulfide) groups is 1. The smallest absolute Gasteiger partial charge is 0.242 e. The summed E-state index contributed by atoms with van der Waals surface area (Å²) in [5, 5.41) is 2.40. The van der Waals surface area contributed by atoms with Gasteiger partial charge in [0.05, 0.1) is 5.25 Å². The molecule has 2 aliphatic rings. The molecule has 0 aromatic carbocycles. The molecule has 7 nitrogen and oxygen atoms in total. The van der Waals surface area contributed by atoms with Crippen molar-refractivity contribution in [2.45, 2.75) is 56.6 Å². The standard InChI is InChI=1S/C19H28N2O5S/c22-9-2-1-3-17(24)20-8-10-27-16-11-18(25)21(19(16)26)12-14-4-6-15(13-23)7-5-14/h9,13-16H,1-8,10-12H2,(H,20,24). The third-order valence-electron chi connectivity index (χ3n) is 5.20. The Morgan fingerprint density at radius 3 is 2.59 bits per heavy atom. The van der Waals surface area contributed by atoms with Crippen molar-refractivity contribution in [1.82, 2.24) is 10.2 Å². The van der Waals surface area contributed by atoms with Crippen LogP contribution in [0.1, 0.15) is 51.4 Å². The fraction of sp³-hybridized carbons (Fsp3) is 0.737. The maximum absolute atomic E-state index is 12.5. The van der Waals surface area contributed by atoms with Gasteiger partial charge in [0.25, 0.3) is 0 Å². The van der Waals surface area contributed by atoms with Gasteiger partial charge in [0, 0.05) is 44.0 Å². The molecule has 8 heteroatoms. The van der Waals surface area contributed by atoms with Gasteiger partial charge >= 0.3 is 0 Å². The lowest BCUT2D eigenvalue weighted by molar-refractivity contribution is -0.139. The van der Waals surface area contributed by atoms with Gasteiger partial charge in [0.1, 0.15) is 12.6 Å². The molecule has 0 aromatic heterocycles. The molecule has 3 amide bonds. The van der Waals surface area contributed by atoms with E-state index in [1.807, 2.05) is 0 Å². The molecular weight excluding hydrogens is 368 g/mol. The number of aldehydes is 2. The third-order valence-corrected chi connectivity index (χ3v) is 6.41. The second kappa shape index (κ2) is 11.2. The highest BCUT2D eigenvalue weighted by molar-refractivity contribution is 8.00. The molecule has 1 atom stereocenters. The molecule has 0 radical (unpaired) electrons. The summed E-state index contributed by atoms with van der Waals surface area (Å²) in [4.78, 5) is 58.7.